The first kappa shape index (κ1) is 15.8. The number of ketones is 1. The highest BCUT2D eigenvalue weighted by Crippen LogP contribution is 2.25. The Morgan fingerprint density at radius 2 is 1.81 bits per heavy atom. The van der Waals surface area contributed by atoms with Crippen molar-refractivity contribution in [2.24, 2.45) is 0 Å². The molecule has 0 unspecified atom stereocenters. The molecule has 0 amide bonds. The average molecular weight is 347 g/mol. The number of benzene rings is 2. The molecule has 3 heteroatoms. The Bertz CT molecular complexity index is 630. The van der Waals surface area contributed by atoms with E-state index in [9.17, 15) is 4.79 Å². The Morgan fingerprint density at radius 1 is 1.14 bits per heavy atom. The second-order valence-corrected chi connectivity index (χ2v) is 6.30. The van der Waals surface area contributed by atoms with Crippen molar-refractivity contribution in [3.8, 4) is 5.75 Å². The lowest BCUT2D eigenvalue weighted by Crippen LogP contribution is -2.02. The summed E-state index contributed by atoms with van der Waals surface area (Å²) in [6.07, 6.45) is 0. The smallest absolute Gasteiger partial charge is 0.163 e. The van der Waals surface area contributed by atoms with Crippen molar-refractivity contribution >= 4 is 21.7 Å². The van der Waals surface area contributed by atoms with Gasteiger partial charge in [0.1, 0.15) is 12.4 Å². The predicted octanol–water partition coefficient (Wildman–Crippen LogP) is 5.35. The zero-order chi connectivity index (χ0) is 15.4. The molecule has 0 radical (unpaired) electrons. The molecule has 0 saturated heterocycles. The van der Waals surface area contributed by atoms with Crippen LogP contribution in [-0.2, 0) is 6.61 Å². The lowest BCUT2D eigenvalue weighted by Gasteiger charge is -2.11. The Balaban J connectivity index is 2.11. The molecule has 0 saturated carbocycles. The number of rotatable bonds is 5. The van der Waals surface area contributed by atoms with Crippen LogP contribution in [0.25, 0.3) is 0 Å². The van der Waals surface area contributed by atoms with E-state index in [2.05, 4.69) is 54.0 Å². The molecule has 2 rings (SSSR count). The standard InChI is InChI=1S/C18H19BrO2/c1-12(2)15-6-4-14(5-7-15)11-21-18-9-8-16(19)10-17(18)13(3)20/h4-10,12H,11H2,1-3H3. The molecule has 0 atom stereocenters. The fourth-order valence-electron chi connectivity index (χ4n) is 2.06. The van der Waals surface area contributed by atoms with E-state index in [4.69, 9.17) is 4.74 Å². The minimum Gasteiger partial charge on any atom is -0.488 e. The molecule has 2 nitrogen and oxygen atoms in total. The van der Waals surface area contributed by atoms with Gasteiger partial charge in [0.2, 0.25) is 0 Å². The van der Waals surface area contributed by atoms with Crippen molar-refractivity contribution in [3.05, 3.63) is 63.6 Å². The van der Waals surface area contributed by atoms with Crippen LogP contribution in [0.1, 0.15) is 48.2 Å². The first-order chi connectivity index (χ1) is 9.97. The molecule has 0 heterocycles. The van der Waals surface area contributed by atoms with Crippen LogP contribution in [-0.4, -0.2) is 5.78 Å². The number of carbonyl (C=O) groups is 1. The lowest BCUT2D eigenvalue weighted by atomic mass is 10.0. The third kappa shape index (κ3) is 4.18. The molecule has 0 bridgehead atoms. The highest BCUT2D eigenvalue weighted by Gasteiger charge is 2.09. The van der Waals surface area contributed by atoms with Crippen molar-refractivity contribution < 1.29 is 9.53 Å². The van der Waals surface area contributed by atoms with Crippen molar-refractivity contribution in [3.63, 3.8) is 0 Å². The zero-order valence-electron chi connectivity index (χ0n) is 12.5. The van der Waals surface area contributed by atoms with Gasteiger partial charge in [0, 0.05) is 4.47 Å². The number of hydrogen-bond acceptors (Lipinski definition) is 2. The largest absolute Gasteiger partial charge is 0.488 e. The van der Waals surface area contributed by atoms with E-state index in [0.29, 0.717) is 23.8 Å². The minimum absolute atomic E-state index is 0.00135. The summed E-state index contributed by atoms with van der Waals surface area (Å²) in [7, 11) is 0. The van der Waals surface area contributed by atoms with Crippen molar-refractivity contribution in [1.29, 1.82) is 0 Å². The van der Waals surface area contributed by atoms with Gasteiger partial charge in [0.15, 0.2) is 5.78 Å². The molecule has 0 spiro atoms. The van der Waals surface area contributed by atoms with Gasteiger partial charge in [0.25, 0.3) is 0 Å². The highest BCUT2D eigenvalue weighted by atomic mass is 79.9. The molecule has 0 fully saturated rings. The number of carbonyl (C=O) groups excluding carboxylic acids is 1. The first-order valence-corrected chi connectivity index (χ1v) is 7.79. The topological polar surface area (TPSA) is 26.3 Å². The summed E-state index contributed by atoms with van der Waals surface area (Å²) in [5.74, 6) is 1.15. The Kier molecular flexibility index (Phi) is 5.18. The average Bonchev–Trinajstić information content (AvgIpc) is 2.46. The maximum Gasteiger partial charge on any atom is 0.163 e. The summed E-state index contributed by atoms with van der Waals surface area (Å²) >= 11 is 3.37. The summed E-state index contributed by atoms with van der Waals surface area (Å²) in [5, 5.41) is 0. The molecule has 0 aliphatic carbocycles. The predicted molar refractivity (Wildman–Crippen MR) is 89.0 cm³/mol. The minimum atomic E-state index is 0.00135. The third-order valence-corrected chi connectivity index (χ3v) is 3.85. The number of ether oxygens (including phenoxy) is 1. The molecule has 0 N–H and O–H groups in total. The molecule has 110 valence electrons. The second-order valence-electron chi connectivity index (χ2n) is 5.38. The van der Waals surface area contributed by atoms with Crippen molar-refractivity contribution in [2.75, 3.05) is 0 Å². The van der Waals surface area contributed by atoms with Gasteiger partial charge < -0.3 is 4.74 Å². The molecule has 2 aromatic rings. The number of hydrogen-bond donors (Lipinski definition) is 0. The van der Waals surface area contributed by atoms with Crippen LogP contribution < -0.4 is 4.74 Å². The van der Waals surface area contributed by atoms with E-state index in [1.807, 2.05) is 12.1 Å². The maximum absolute atomic E-state index is 11.6. The Hall–Kier alpha value is -1.61. The van der Waals surface area contributed by atoms with Gasteiger partial charge in [-0.1, -0.05) is 54.0 Å². The fourth-order valence-corrected chi connectivity index (χ4v) is 2.42. The van der Waals surface area contributed by atoms with Gasteiger partial charge in [-0.25, -0.2) is 0 Å². The molecule has 0 aliphatic heterocycles. The van der Waals surface area contributed by atoms with Gasteiger partial charge in [-0.15, -0.1) is 0 Å². The van der Waals surface area contributed by atoms with Crippen molar-refractivity contribution in [1.82, 2.24) is 0 Å². The van der Waals surface area contributed by atoms with E-state index in [0.717, 1.165) is 10.0 Å². The van der Waals surface area contributed by atoms with Crippen LogP contribution >= 0.6 is 15.9 Å². The molecular formula is C18H19BrO2. The molecular weight excluding hydrogens is 328 g/mol. The van der Waals surface area contributed by atoms with Crippen LogP contribution in [0.2, 0.25) is 0 Å². The maximum atomic E-state index is 11.6. The van der Waals surface area contributed by atoms with E-state index in [-0.39, 0.29) is 5.78 Å². The molecule has 0 aromatic heterocycles. The normalized spacial score (nSPS) is 10.7. The van der Waals surface area contributed by atoms with Crippen LogP contribution in [0, 0.1) is 0 Å². The number of halogens is 1. The Labute approximate surface area is 134 Å². The monoisotopic (exact) mass is 346 g/mol. The third-order valence-electron chi connectivity index (χ3n) is 3.36. The van der Waals surface area contributed by atoms with E-state index in [1.165, 1.54) is 5.56 Å². The zero-order valence-corrected chi connectivity index (χ0v) is 14.1. The lowest BCUT2D eigenvalue weighted by molar-refractivity contribution is 0.101. The van der Waals surface area contributed by atoms with E-state index >= 15 is 0 Å². The summed E-state index contributed by atoms with van der Waals surface area (Å²) in [5.41, 5.74) is 3.01. The summed E-state index contributed by atoms with van der Waals surface area (Å²) in [4.78, 5) is 11.6. The van der Waals surface area contributed by atoms with Gasteiger partial charge in [-0.2, -0.15) is 0 Å². The van der Waals surface area contributed by atoms with Crippen molar-refractivity contribution in [2.45, 2.75) is 33.3 Å². The second kappa shape index (κ2) is 6.90. The van der Waals surface area contributed by atoms with Crippen LogP contribution in [0.15, 0.2) is 46.9 Å². The summed E-state index contributed by atoms with van der Waals surface area (Å²) in [6.45, 7) is 6.35. The molecule has 21 heavy (non-hydrogen) atoms. The van der Waals surface area contributed by atoms with Gasteiger partial charge in [-0.3, -0.25) is 4.79 Å². The van der Waals surface area contributed by atoms with Gasteiger partial charge in [-0.05, 0) is 42.2 Å². The van der Waals surface area contributed by atoms with E-state index in [1.54, 1.807) is 13.0 Å². The summed E-state index contributed by atoms with van der Waals surface area (Å²) in [6, 6.07) is 13.9. The molecule has 0 aliphatic rings. The highest BCUT2D eigenvalue weighted by molar-refractivity contribution is 9.10. The SMILES string of the molecule is CC(=O)c1cc(Br)ccc1OCc1ccc(C(C)C)cc1. The van der Waals surface area contributed by atoms with Crippen LogP contribution in [0.3, 0.4) is 0 Å². The molecule has 2 aromatic carbocycles. The van der Waals surface area contributed by atoms with Crippen LogP contribution in [0.4, 0.5) is 0 Å². The van der Waals surface area contributed by atoms with Gasteiger partial charge in [0.05, 0.1) is 5.56 Å². The Morgan fingerprint density at radius 3 is 2.38 bits per heavy atom. The van der Waals surface area contributed by atoms with Crippen LogP contribution in [0.5, 0.6) is 5.75 Å². The summed E-state index contributed by atoms with van der Waals surface area (Å²) < 4.78 is 6.67. The fraction of sp³-hybridized carbons (Fsp3) is 0.278. The van der Waals surface area contributed by atoms with Gasteiger partial charge >= 0.3 is 0 Å². The quantitative estimate of drug-likeness (QED) is 0.681. The first-order valence-electron chi connectivity index (χ1n) is 6.99. The van der Waals surface area contributed by atoms with E-state index < -0.39 is 0 Å². The number of Topliss-reactive ketones (excluding diaryl/α,β-unsaturated/α-hetero) is 1.